The van der Waals surface area contributed by atoms with Crippen LogP contribution in [0.1, 0.15) is 44.1 Å². The van der Waals surface area contributed by atoms with E-state index < -0.39 is 11.6 Å². The fourth-order valence-corrected chi connectivity index (χ4v) is 2.73. The number of benzene rings is 1. The molecule has 0 aliphatic heterocycles. The van der Waals surface area contributed by atoms with Crippen LogP contribution in [-0.4, -0.2) is 12.6 Å². The van der Waals surface area contributed by atoms with Crippen LogP contribution in [0.15, 0.2) is 18.2 Å². The monoisotopic (exact) mass is 239 g/mol. The van der Waals surface area contributed by atoms with Crippen LogP contribution in [-0.2, 0) is 0 Å². The van der Waals surface area contributed by atoms with Gasteiger partial charge in [-0.05, 0) is 49.8 Å². The molecule has 0 atom stereocenters. The molecule has 1 fully saturated rings. The number of hydrogen-bond donors (Lipinski definition) is 1. The van der Waals surface area contributed by atoms with Crippen molar-refractivity contribution in [2.24, 2.45) is 0 Å². The van der Waals surface area contributed by atoms with Crippen LogP contribution < -0.4 is 5.32 Å². The van der Waals surface area contributed by atoms with Crippen LogP contribution in [0.3, 0.4) is 0 Å². The first-order valence-corrected chi connectivity index (χ1v) is 6.39. The van der Waals surface area contributed by atoms with Gasteiger partial charge in [0.25, 0.3) is 0 Å². The van der Waals surface area contributed by atoms with Crippen molar-refractivity contribution in [2.45, 2.75) is 44.6 Å². The molecule has 0 unspecified atom stereocenters. The Morgan fingerprint density at radius 1 is 1.18 bits per heavy atom. The third kappa shape index (κ3) is 3.03. The van der Waals surface area contributed by atoms with E-state index in [0.717, 1.165) is 38.3 Å². The molecule has 2 rings (SSSR count). The summed E-state index contributed by atoms with van der Waals surface area (Å²) in [6.07, 6.45) is 4.13. The average molecular weight is 239 g/mol. The molecule has 0 bridgehead atoms. The van der Waals surface area contributed by atoms with Gasteiger partial charge in [0.1, 0.15) is 11.6 Å². The third-order valence-corrected chi connectivity index (χ3v) is 3.62. The van der Waals surface area contributed by atoms with E-state index in [4.69, 9.17) is 0 Å². The van der Waals surface area contributed by atoms with Gasteiger partial charge in [-0.25, -0.2) is 8.78 Å². The minimum absolute atomic E-state index is 0.255. The standard InChI is InChI=1S/C14H19F2N/c1-2-17-12-6-3-10(4-7-12)13-8-5-11(15)9-14(13)16/h5,8-10,12,17H,2-4,6-7H2,1H3. The summed E-state index contributed by atoms with van der Waals surface area (Å²) < 4.78 is 26.5. The molecule has 3 heteroatoms. The van der Waals surface area contributed by atoms with Gasteiger partial charge in [0.15, 0.2) is 0 Å². The molecule has 0 radical (unpaired) electrons. The maximum atomic E-state index is 13.6. The maximum Gasteiger partial charge on any atom is 0.129 e. The lowest BCUT2D eigenvalue weighted by atomic mass is 9.81. The second-order valence-corrected chi connectivity index (χ2v) is 4.77. The molecule has 0 spiro atoms. The second-order valence-electron chi connectivity index (χ2n) is 4.77. The summed E-state index contributed by atoms with van der Waals surface area (Å²) in [5, 5.41) is 3.43. The van der Waals surface area contributed by atoms with Crippen molar-refractivity contribution < 1.29 is 8.78 Å². The molecule has 0 saturated heterocycles. The lowest BCUT2D eigenvalue weighted by Crippen LogP contribution is -2.32. The van der Waals surface area contributed by atoms with Crippen LogP contribution >= 0.6 is 0 Å². The quantitative estimate of drug-likeness (QED) is 0.849. The molecule has 94 valence electrons. The zero-order valence-electron chi connectivity index (χ0n) is 10.2. The molecular weight excluding hydrogens is 220 g/mol. The van der Waals surface area contributed by atoms with Crippen molar-refractivity contribution in [1.29, 1.82) is 0 Å². The van der Waals surface area contributed by atoms with Crippen molar-refractivity contribution in [3.05, 3.63) is 35.4 Å². The number of halogens is 2. The van der Waals surface area contributed by atoms with E-state index in [1.165, 1.54) is 6.07 Å². The summed E-state index contributed by atoms with van der Waals surface area (Å²) in [5.74, 6) is -0.630. The summed E-state index contributed by atoms with van der Waals surface area (Å²) >= 11 is 0. The molecule has 1 aromatic carbocycles. The van der Waals surface area contributed by atoms with Crippen molar-refractivity contribution in [1.82, 2.24) is 5.32 Å². The Kier molecular flexibility index (Phi) is 4.11. The largest absolute Gasteiger partial charge is 0.314 e. The first kappa shape index (κ1) is 12.5. The van der Waals surface area contributed by atoms with E-state index in [1.807, 2.05) is 0 Å². The van der Waals surface area contributed by atoms with E-state index in [0.29, 0.717) is 11.6 Å². The summed E-state index contributed by atoms with van der Waals surface area (Å²) in [7, 11) is 0. The second kappa shape index (κ2) is 5.58. The smallest absolute Gasteiger partial charge is 0.129 e. The lowest BCUT2D eigenvalue weighted by Gasteiger charge is -2.29. The Balaban J connectivity index is 2.00. The minimum Gasteiger partial charge on any atom is -0.314 e. The fourth-order valence-electron chi connectivity index (χ4n) is 2.73. The molecule has 1 aliphatic carbocycles. The summed E-state index contributed by atoms with van der Waals surface area (Å²) in [6.45, 7) is 3.09. The first-order valence-electron chi connectivity index (χ1n) is 6.39. The van der Waals surface area contributed by atoms with E-state index in [-0.39, 0.29) is 5.92 Å². The van der Waals surface area contributed by atoms with E-state index in [2.05, 4.69) is 12.2 Å². The van der Waals surface area contributed by atoms with Crippen molar-refractivity contribution in [3.63, 3.8) is 0 Å². The Bertz CT molecular complexity index is 370. The van der Waals surface area contributed by atoms with Crippen LogP contribution in [0, 0.1) is 11.6 Å². The molecule has 0 aromatic heterocycles. The fraction of sp³-hybridized carbons (Fsp3) is 0.571. The molecule has 1 aliphatic rings. The zero-order valence-corrected chi connectivity index (χ0v) is 10.2. The highest BCUT2D eigenvalue weighted by Crippen LogP contribution is 2.34. The van der Waals surface area contributed by atoms with Gasteiger partial charge >= 0.3 is 0 Å². The molecule has 1 N–H and O–H groups in total. The summed E-state index contributed by atoms with van der Waals surface area (Å²) in [5.41, 5.74) is 0.682. The van der Waals surface area contributed by atoms with Gasteiger partial charge in [0, 0.05) is 12.1 Å². The predicted molar refractivity (Wildman–Crippen MR) is 65.0 cm³/mol. The molecule has 0 amide bonds. The Morgan fingerprint density at radius 3 is 2.47 bits per heavy atom. The van der Waals surface area contributed by atoms with Gasteiger partial charge < -0.3 is 5.32 Å². The van der Waals surface area contributed by atoms with Crippen LogP contribution in [0.2, 0.25) is 0 Å². The summed E-state index contributed by atoms with van der Waals surface area (Å²) in [4.78, 5) is 0. The van der Waals surface area contributed by atoms with Crippen LogP contribution in [0.25, 0.3) is 0 Å². The van der Waals surface area contributed by atoms with Crippen LogP contribution in [0.5, 0.6) is 0 Å². The topological polar surface area (TPSA) is 12.0 Å². The zero-order chi connectivity index (χ0) is 12.3. The van der Waals surface area contributed by atoms with Gasteiger partial charge in [0.05, 0.1) is 0 Å². The molecule has 1 aromatic rings. The average Bonchev–Trinajstić information content (AvgIpc) is 2.31. The van der Waals surface area contributed by atoms with E-state index >= 15 is 0 Å². The number of hydrogen-bond acceptors (Lipinski definition) is 1. The highest BCUT2D eigenvalue weighted by atomic mass is 19.1. The van der Waals surface area contributed by atoms with Gasteiger partial charge in [-0.1, -0.05) is 13.0 Å². The van der Waals surface area contributed by atoms with Gasteiger partial charge in [-0.2, -0.15) is 0 Å². The number of nitrogens with one attached hydrogen (secondary N) is 1. The lowest BCUT2D eigenvalue weighted by molar-refractivity contribution is 0.342. The van der Waals surface area contributed by atoms with E-state index in [9.17, 15) is 8.78 Å². The highest BCUT2D eigenvalue weighted by Gasteiger charge is 2.23. The molecular formula is C14H19F2N. The van der Waals surface area contributed by atoms with Gasteiger partial charge in [0.2, 0.25) is 0 Å². The van der Waals surface area contributed by atoms with Crippen molar-refractivity contribution >= 4 is 0 Å². The van der Waals surface area contributed by atoms with Gasteiger partial charge in [-0.15, -0.1) is 0 Å². The maximum absolute atomic E-state index is 13.6. The van der Waals surface area contributed by atoms with E-state index in [1.54, 1.807) is 6.07 Å². The normalized spacial score (nSPS) is 24.9. The molecule has 1 nitrogen and oxygen atoms in total. The Morgan fingerprint density at radius 2 is 1.88 bits per heavy atom. The van der Waals surface area contributed by atoms with Gasteiger partial charge in [-0.3, -0.25) is 0 Å². The molecule has 1 saturated carbocycles. The van der Waals surface area contributed by atoms with Crippen molar-refractivity contribution in [2.75, 3.05) is 6.54 Å². The number of rotatable bonds is 3. The SMILES string of the molecule is CCNC1CCC(c2ccc(F)cc2F)CC1. The van der Waals surface area contributed by atoms with Crippen LogP contribution in [0.4, 0.5) is 8.78 Å². The first-order chi connectivity index (χ1) is 8.20. The highest BCUT2D eigenvalue weighted by molar-refractivity contribution is 5.23. The minimum atomic E-state index is -0.493. The van der Waals surface area contributed by atoms with Crippen molar-refractivity contribution in [3.8, 4) is 0 Å². The Labute approximate surface area is 101 Å². The summed E-state index contributed by atoms with van der Waals surface area (Å²) in [6, 6.07) is 4.52. The Hall–Kier alpha value is -0.960. The molecule has 0 heterocycles. The third-order valence-electron chi connectivity index (χ3n) is 3.62. The predicted octanol–water partition coefficient (Wildman–Crippen LogP) is 3.60. The molecule has 17 heavy (non-hydrogen) atoms.